The van der Waals surface area contributed by atoms with E-state index >= 15 is 0 Å². The SMILES string of the molecule is CCOc1cc(NC2CC=CCC2)cc([N+](=O)[O-])c1. The molecule has 1 aliphatic rings. The molecule has 5 nitrogen and oxygen atoms in total. The highest BCUT2D eigenvalue weighted by Crippen LogP contribution is 2.27. The second-order valence-electron chi connectivity index (χ2n) is 4.53. The highest BCUT2D eigenvalue weighted by molar-refractivity contribution is 5.57. The highest BCUT2D eigenvalue weighted by atomic mass is 16.6. The molecule has 1 atom stereocenters. The van der Waals surface area contributed by atoms with Gasteiger partial charge in [0.15, 0.2) is 0 Å². The van der Waals surface area contributed by atoms with Gasteiger partial charge in [-0.05, 0) is 26.2 Å². The first-order valence-electron chi connectivity index (χ1n) is 6.53. The Morgan fingerprint density at radius 2 is 2.26 bits per heavy atom. The maximum Gasteiger partial charge on any atom is 0.275 e. The third-order valence-corrected chi connectivity index (χ3v) is 3.05. The molecule has 102 valence electrons. The van der Waals surface area contributed by atoms with E-state index in [0.717, 1.165) is 24.9 Å². The average Bonchev–Trinajstić information content (AvgIpc) is 2.40. The number of nitro benzene ring substituents is 1. The van der Waals surface area contributed by atoms with Gasteiger partial charge in [0.25, 0.3) is 5.69 Å². The topological polar surface area (TPSA) is 64.4 Å². The minimum absolute atomic E-state index is 0.0554. The number of nitrogens with one attached hydrogen (secondary N) is 1. The third kappa shape index (κ3) is 3.71. The van der Waals surface area contributed by atoms with Gasteiger partial charge in [-0.1, -0.05) is 12.2 Å². The number of non-ortho nitro benzene ring substituents is 1. The summed E-state index contributed by atoms with van der Waals surface area (Å²) in [6.07, 6.45) is 7.35. The number of benzene rings is 1. The van der Waals surface area contributed by atoms with Crippen molar-refractivity contribution in [2.75, 3.05) is 11.9 Å². The van der Waals surface area contributed by atoms with Crippen LogP contribution in [-0.2, 0) is 0 Å². The van der Waals surface area contributed by atoms with Crippen molar-refractivity contribution < 1.29 is 9.66 Å². The van der Waals surface area contributed by atoms with Crippen LogP contribution in [0.3, 0.4) is 0 Å². The Labute approximate surface area is 112 Å². The van der Waals surface area contributed by atoms with Crippen molar-refractivity contribution in [2.24, 2.45) is 0 Å². The lowest BCUT2D eigenvalue weighted by Crippen LogP contribution is -2.20. The molecule has 0 bridgehead atoms. The van der Waals surface area contributed by atoms with E-state index in [1.54, 1.807) is 6.07 Å². The fraction of sp³-hybridized carbons (Fsp3) is 0.429. The van der Waals surface area contributed by atoms with Gasteiger partial charge in [0.1, 0.15) is 5.75 Å². The molecule has 0 heterocycles. The second kappa shape index (κ2) is 6.22. The minimum atomic E-state index is -0.394. The van der Waals surface area contributed by atoms with E-state index in [-0.39, 0.29) is 5.69 Å². The van der Waals surface area contributed by atoms with Gasteiger partial charge in [-0.15, -0.1) is 0 Å². The van der Waals surface area contributed by atoms with Crippen LogP contribution < -0.4 is 10.1 Å². The minimum Gasteiger partial charge on any atom is -0.494 e. The van der Waals surface area contributed by atoms with Gasteiger partial charge < -0.3 is 10.1 Å². The Hall–Kier alpha value is -2.04. The molecule has 2 rings (SSSR count). The Morgan fingerprint density at radius 3 is 2.89 bits per heavy atom. The van der Waals surface area contributed by atoms with Crippen molar-refractivity contribution in [3.8, 4) is 5.75 Å². The first kappa shape index (κ1) is 13.4. The summed E-state index contributed by atoms with van der Waals surface area (Å²) in [4.78, 5) is 10.5. The summed E-state index contributed by atoms with van der Waals surface area (Å²) in [6, 6.07) is 5.16. The predicted octanol–water partition coefficient (Wildman–Crippen LogP) is 3.51. The van der Waals surface area contributed by atoms with Gasteiger partial charge in [0.2, 0.25) is 0 Å². The standard InChI is InChI=1S/C14H18N2O3/c1-2-19-14-9-12(8-13(10-14)16(17)18)15-11-6-4-3-5-7-11/h3-4,8-11,15H,2,5-7H2,1H3. The summed E-state index contributed by atoms with van der Waals surface area (Å²) < 4.78 is 5.37. The largest absolute Gasteiger partial charge is 0.494 e. The van der Waals surface area contributed by atoms with E-state index in [1.807, 2.05) is 13.0 Å². The molecule has 1 aromatic carbocycles. The molecule has 1 unspecified atom stereocenters. The monoisotopic (exact) mass is 262 g/mol. The van der Waals surface area contributed by atoms with E-state index in [4.69, 9.17) is 4.74 Å². The fourth-order valence-corrected chi connectivity index (χ4v) is 2.18. The quantitative estimate of drug-likeness (QED) is 0.501. The first-order valence-corrected chi connectivity index (χ1v) is 6.53. The van der Waals surface area contributed by atoms with Gasteiger partial charge in [0.05, 0.1) is 17.6 Å². The molecule has 0 saturated heterocycles. The van der Waals surface area contributed by atoms with Gasteiger partial charge in [-0.3, -0.25) is 10.1 Å². The van der Waals surface area contributed by atoms with Crippen LogP contribution in [-0.4, -0.2) is 17.6 Å². The van der Waals surface area contributed by atoms with Crippen molar-refractivity contribution in [3.63, 3.8) is 0 Å². The fourth-order valence-electron chi connectivity index (χ4n) is 2.18. The smallest absolute Gasteiger partial charge is 0.275 e. The summed E-state index contributed by atoms with van der Waals surface area (Å²) in [5.41, 5.74) is 0.803. The molecule has 1 aromatic rings. The Bertz CT molecular complexity index is 486. The molecule has 0 spiro atoms. The van der Waals surface area contributed by atoms with Crippen LogP contribution in [0.2, 0.25) is 0 Å². The van der Waals surface area contributed by atoms with Crippen LogP contribution in [0.1, 0.15) is 26.2 Å². The number of ether oxygens (including phenoxy) is 1. The van der Waals surface area contributed by atoms with Gasteiger partial charge in [-0.2, -0.15) is 0 Å². The summed E-state index contributed by atoms with van der Waals surface area (Å²) in [6.45, 7) is 2.35. The van der Waals surface area contributed by atoms with E-state index in [2.05, 4.69) is 17.5 Å². The van der Waals surface area contributed by atoms with Crippen molar-refractivity contribution in [1.82, 2.24) is 0 Å². The van der Waals surface area contributed by atoms with E-state index in [1.165, 1.54) is 6.07 Å². The zero-order valence-corrected chi connectivity index (χ0v) is 11.0. The van der Waals surface area contributed by atoms with Gasteiger partial charge >= 0.3 is 0 Å². The summed E-state index contributed by atoms with van der Waals surface area (Å²) in [7, 11) is 0. The number of hydrogen-bond donors (Lipinski definition) is 1. The van der Waals surface area contributed by atoms with Crippen molar-refractivity contribution in [3.05, 3.63) is 40.5 Å². The third-order valence-electron chi connectivity index (χ3n) is 3.05. The maximum atomic E-state index is 10.9. The number of nitrogens with zero attached hydrogens (tertiary/aromatic N) is 1. The molecular weight excluding hydrogens is 244 g/mol. The molecule has 19 heavy (non-hydrogen) atoms. The number of anilines is 1. The highest BCUT2D eigenvalue weighted by Gasteiger charge is 2.14. The number of hydrogen-bond acceptors (Lipinski definition) is 4. The van der Waals surface area contributed by atoms with E-state index in [0.29, 0.717) is 18.4 Å². The lowest BCUT2D eigenvalue weighted by Gasteiger charge is -2.20. The maximum absolute atomic E-state index is 10.9. The van der Waals surface area contributed by atoms with E-state index < -0.39 is 4.92 Å². The molecule has 0 radical (unpaired) electrons. The van der Waals surface area contributed by atoms with Crippen LogP contribution >= 0.6 is 0 Å². The molecule has 1 N–H and O–H groups in total. The first-order chi connectivity index (χ1) is 9.19. The van der Waals surface area contributed by atoms with Gasteiger partial charge in [0, 0.05) is 23.9 Å². The Kier molecular flexibility index (Phi) is 4.39. The molecule has 0 aliphatic heterocycles. The van der Waals surface area contributed by atoms with Crippen LogP contribution in [0.5, 0.6) is 5.75 Å². The molecule has 0 amide bonds. The van der Waals surface area contributed by atoms with Crippen LogP contribution in [0, 0.1) is 10.1 Å². The summed E-state index contributed by atoms with van der Waals surface area (Å²) in [5.74, 6) is 0.533. The lowest BCUT2D eigenvalue weighted by molar-refractivity contribution is -0.384. The Balaban J connectivity index is 2.17. The van der Waals surface area contributed by atoms with Crippen molar-refractivity contribution in [1.29, 1.82) is 0 Å². The van der Waals surface area contributed by atoms with Crippen molar-refractivity contribution >= 4 is 11.4 Å². The number of nitro groups is 1. The predicted molar refractivity (Wildman–Crippen MR) is 74.7 cm³/mol. The van der Waals surface area contributed by atoms with Crippen LogP contribution in [0.4, 0.5) is 11.4 Å². The van der Waals surface area contributed by atoms with Crippen LogP contribution in [0.25, 0.3) is 0 Å². The second-order valence-corrected chi connectivity index (χ2v) is 4.53. The molecular formula is C14H18N2O3. The van der Waals surface area contributed by atoms with Crippen LogP contribution in [0.15, 0.2) is 30.4 Å². The number of rotatable bonds is 5. The normalized spacial score (nSPS) is 18.1. The molecule has 0 aromatic heterocycles. The van der Waals surface area contributed by atoms with Gasteiger partial charge in [-0.25, -0.2) is 0 Å². The zero-order valence-electron chi connectivity index (χ0n) is 11.0. The Morgan fingerprint density at radius 1 is 1.42 bits per heavy atom. The van der Waals surface area contributed by atoms with Crippen molar-refractivity contribution in [2.45, 2.75) is 32.2 Å². The van der Waals surface area contributed by atoms with E-state index in [9.17, 15) is 10.1 Å². The summed E-state index contributed by atoms with van der Waals surface area (Å²) >= 11 is 0. The lowest BCUT2D eigenvalue weighted by atomic mass is 10.0. The molecule has 0 fully saturated rings. The molecule has 1 aliphatic carbocycles. The zero-order chi connectivity index (χ0) is 13.7. The molecule has 0 saturated carbocycles. The summed E-state index contributed by atoms with van der Waals surface area (Å²) in [5, 5.41) is 14.3. The molecule has 5 heteroatoms. The average molecular weight is 262 g/mol. The number of allylic oxidation sites excluding steroid dienone is 1.